The summed E-state index contributed by atoms with van der Waals surface area (Å²) in [4.78, 5) is 0. The molecule has 2 aromatic carbocycles. The molecule has 4 heteroatoms. The van der Waals surface area contributed by atoms with Gasteiger partial charge in [0, 0.05) is 0 Å². The molecule has 4 rings (SSSR count). The first-order chi connectivity index (χ1) is 16.0. The van der Waals surface area contributed by atoms with Crippen LogP contribution in [0.15, 0.2) is 42.5 Å². The van der Waals surface area contributed by atoms with E-state index < -0.39 is 11.6 Å². The van der Waals surface area contributed by atoms with E-state index in [0.717, 1.165) is 56.9 Å². The fourth-order valence-electron chi connectivity index (χ4n) is 5.89. The number of allylic oxidation sites excluding steroid dienone is 2. The highest BCUT2D eigenvalue weighted by atomic mass is 19.2. The first-order valence-corrected chi connectivity index (χ1v) is 12.5. The van der Waals surface area contributed by atoms with Gasteiger partial charge in [0.25, 0.3) is 0 Å². The smallest absolute Gasteiger partial charge is 0.165 e. The molecule has 2 aromatic rings. The molecule has 0 radical (unpaired) electrons. The van der Waals surface area contributed by atoms with Gasteiger partial charge in [0.1, 0.15) is 0 Å². The second-order valence-corrected chi connectivity index (χ2v) is 9.68. The zero-order chi connectivity index (χ0) is 23.4. The molecule has 0 bridgehead atoms. The van der Waals surface area contributed by atoms with E-state index in [1.165, 1.54) is 0 Å². The number of halogens is 3. The number of rotatable bonds is 6. The summed E-state index contributed by atoms with van der Waals surface area (Å²) in [6.45, 7) is 4.29. The van der Waals surface area contributed by atoms with E-state index in [9.17, 15) is 4.39 Å². The molecule has 0 spiro atoms. The lowest BCUT2D eigenvalue weighted by atomic mass is 9.75. The van der Waals surface area contributed by atoms with E-state index in [2.05, 4.69) is 12.2 Å². The summed E-state index contributed by atoms with van der Waals surface area (Å²) in [6, 6.07) is 8.85. The Morgan fingerprint density at radius 2 is 1.33 bits per heavy atom. The van der Waals surface area contributed by atoms with Crippen molar-refractivity contribution in [1.29, 1.82) is 0 Å². The third-order valence-electron chi connectivity index (χ3n) is 7.71. The normalized spacial score (nSPS) is 26.0. The van der Waals surface area contributed by atoms with E-state index in [-0.39, 0.29) is 29.3 Å². The molecule has 0 unspecified atom stereocenters. The van der Waals surface area contributed by atoms with Gasteiger partial charge in [-0.3, -0.25) is 0 Å². The predicted octanol–water partition coefficient (Wildman–Crippen LogP) is 8.79. The minimum Gasteiger partial charge on any atom is -0.491 e. The summed E-state index contributed by atoms with van der Waals surface area (Å²) in [5.74, 6) is -0.411. The molecule has 0 heterocycles. The highest BCUT2D eigenvalue weighted by molar-refractivity contribution is 5.34. The van der Waals surface area contributed by atoms with Crippen LogP contribution < -0.4 is 4.74 Å². The largest absolute Gasteiger partial charge is 0.491 e. The van der Waals surface area contributed by atoms with Gasteiger partial charge in [-0.15, -0.1) is 0 Å². The van der Waals surface area contributed by atoms with Crippen molar-refractivity contribution in [3.8, 4) is 5.75 Å². The van der Waals surface area contributed by atoms with Crippen LogP contribution >= 0.6 is 0 Å². The van der Waals surface area contributed by atoms with Crippen LogP contribution in [0.1, 0.15) is 99.7 Å². The van der Waals surface area contributed by atoms with Crippen molar-refractivity contribution in [2.45, 2.75) is 83.0 Å². The first-order valence-electron chi connectivity index (χ1n) is 12.5. The highest BCUT2D eigenvalue weighted by Crippen LogP contribution is 2.44. The third kappa shape index (κ3) is 5.31. The maximum absolute atomic E-state index is 15.1. The molecule has 33 heavy (non-hydrogen) atoms. The summed E-state index contributed by atoms with van der Waals surface area (Å²) in [5, 5.41) is 0. The van der Waals surface area contributed by atoms with Crippen LogP contribution in [0.4, 0.5) is 13.2 Å². The molecule has 0 amide bonds. The molecule has 2 fully saturated rings. The van der Waals surface area contributed by atoms with E-state index in [1.54, 1.807) is 12.1 Å². The van der Waals surface area contributed by atoms with Gasteiger partial charge in [0.2, 0.25) is 0 Å². The van der Waals surface area contributed by atoms with Crippen LogP contribution in [0.25, 0.3) is 0 Å². The van der Waals surface area contributed by atoms with Crippen LogP contribution in [-0.2, 0) is 0 Å². The molecule has 0 aromatic heterocycles. The van der Waals surface area contributed by atoms with Gasteiger partial charge in [-0.1, -0.05) is 30.4 Å². The lowest BCUT2D eigenvalue weighted by molar-refractivity contribution is 0.320. The number of benzene rings is 2. The standard InChI is InChI=1S/C29H35F3O/c1-3-5-19-6-8-21(9-7-19)24-15-16-25(29(32)28(24)31)22-12-10-20(11-13-22)23-14-17-27(33-4-2)26(30)18-23/h3,5,14-22H,4,6-13H2,1-2H3/b5-3+. The van der Waals surface area contributed by atoms with Crippen molar-refractivity contribution in [3.63, 3.8) is 0 Å². The Morgan fingerprint density at radius 3 is 1.85 bits per heavy atom. The van der Waals surface area contributed by atoms with Gasteiger partial charge in [-0.25, -0.2) is 13.2 Å². The fourth-order valence-corrected chi connectivity index (χ4v) is 5.89. The lowest BCUT2D eigenvalue weighted by Gasteiger charge is -2.31. The summed E-state index contributed by atoms with van der Waals surface area (Å²) in [6.07, 6.45) is 11.5. The number of hydrogen-bond donors (Lipinski definition) is 0. The van der Waals surface area contributed by atoms with Crippen LogP contribution in [0, 0.1) is 23.4 Å². The zero-order valence-corrected chi connectivity index (χ0v) is 19.8. The van der Waals surface area contributed by atoms with Crippen molar-refractivity contribution in [3.05, 3.63) is 76.6 Å². The molecule has 2 aliphatic carbocycles. The van der Waals surface area contributed by atoms with Crippen molar-refractivity contribution in [1.82, 2.24) is 0 Å². The Balaban J connectivity index is 1.40. The number of hydrogen-bond acceptors (Lipinski definition) is 1. The summed E-state index contributed by atoms with van der Waals surface area (Å²) in [7, 11) is 0. The Hall–Kier alpha value is -2.23. The van der Waals surface area contributed by atoms with Crippen LogP contribution in [0.2, 0.25) is 0 Å². The SMILES string of the molecule is C/C=C/C1CCC(c2ccc(C3CCC(c4ccc(OCC)c(F)c4)CC3)c(F)c2F)CC1. The van der Waals surface area contributed by atoms with Gasteiger partial charge in [-0.2, -0.15) is 0 Å². The van der Waals surface area contributed by atoms with E-state index >= 15 is 8.78 Å². The van der Waals surface area contributed by atoms with Crippen LogP contribution in [0.3, 0.4) is 0 Å². The monoisotopic (exact) mass is 456 g/mol. The summed E-state index contributed by atoms with van der Waals surface area (Å²) in [5.41, 5.74) is 2.02. The second-order valence-electron chi connectivity index (χ2n) is 9.68. The minimum absolute atomic E-state index is 0.0165. The molecule has 178 valence electrons. The predicted molar refractivity (Wildman–Crippen MR) is 127 cm³/mol. The van der Waals surface area contributed by atoms with E-state index in [0.29, 0.717) is 23.7 Å². The number of ether oxygens (including phenoxy) is 1. The Bertz CT molecular complexity index is 967. The van der Waals surface area contributed by atoms with Crippen molar-refractivity contribution < 1.29 is 17.9 Å². The lowest BCUT2D eigenvalue weighted by Crippen LogP contribution is -2.16. The summed E-state index contributed by atoms with van der Waals surface area (Å²) < 4.78 is 49.8. The molecule has 2 aliphatic rings. The van der Waals surface area contributed by atoms with Gasteiger partial charge in [-0.05, 0) is 118 Å². The summed E-state index contributed by atoms with van der Waals surface area (Å²) >= 11 is 0. The maximum atomic E-state index is 15.1. The van der Waals surface area contributed by atoms with Gasteiger partial charge >= 0.3 is 0 Å². The molecular formula is C29H35F3O. The second kappa shape index (κ2) is 10.8. The fraction of sp³-hybridized carbons (Fsp3) is 0.517. The Morgan fingerprint density at radius 1 is 0.788 bits per heavy atom. The average molecular weight is 457 g/mol. The topological polar surface area (TPSA) is 9.23 Å². The first kappa shape index (κ1) is 23.9. The maximum Gasteiger partial charge on any atom is 0.165 e. The molecule has 1 nitrogen and oxygen atoms in total. The Kier molecular flexibility index (Phi) is 7.82. The molecule has 0 atom stereocenters. The van der Waals surface area contributed by atoms with Crippen molar-refractivity contribution >= 4 is 0 Å². The van der Waals surface area contributed by atoms with Crippen molar-refractivity contribution in [2.75, 3.05) is 6.61 Å². The molecule has 0 N–H and O–H groups in total. The van der Waals surface area contributed by atoms with Gasteiger partial charge in [0.15, 0.2) is 23.2 Å². The van der Waals surface area contributed by atoms with Crippen LogP contribution in [-0.4, -0.2) is 6.61 Å². The average Bonchev–Trinajstić information content (AvgIpc) is 2.83. The van der Waals surface area contributed by atoms with Crippen molar-refractivity contribution in [2.24, 2.45) is 5.92 Å². The quantitative estimate of drug-likeness (QED) is 0.395. The zero-order valence-electron chi connectivity index (χ0n) is 19.8. The van der Waals surface area contributed by atoms with E-state index in [1.807, 2.05) is 32.0 Å². The van der Waals surface area contributed by atoms with Gasteiger partial charge < -0.3 is 4.74 Å². The Labute approximate surface area is 196 Å². The highest BCUT2D eigenvalue weighted by Gasteiger charge is 2.30. The molecule has 0 saturated heterocycles. The van der Waals surface area contributed by atoms with Crippen LogP contribution in [0.5, 0.6) is 5.75 Å². The molecule has 2 saturated carbocycles. The van der Waals surface area contributed by atoms with Gasteiger partial charge in [0.05, 0.1) is 6.61 Å². The molecular weight excluding hydrogens is 421 g/mol. The molecule has 0 aliphatic heterocycles. The minimum atomic E-state index is -0.654. The third-order valence-corrected chi connectivity index (χ3v) is 7.71. The van der Waals surface area contributed by atoms with E-state index in [4.69, 9.17) is 4.74 Å².